The zero-order valence-corrected chi connectivity index (χ0v) is 12.0. The van der Waals surface area contributed by atoms with Crippen LogP contribution in [0.1, 0.15) is 25.5 Å². The van der Waals surface area contributed by atoms with E-state index >= 15 is 0 Å². The first kappa shape index (κ1) is 15.3. The molecule has 0 saturated carbocycles. The highest BCUT2D eigenvalue weighted by molar-refractivity contribution is 5.75. The Balaban J connectivity index is 2.87. The highest BCUT2D eigenvalue weighted by atomic mass is 16.5. The van der Waals surface area contributed by atoms with Crippen molar-refractivity contribution in [1.29, 1.82) is 0 Å². The molecule has 0 fully saturated rings. The molecule has 2 unspecified atom stereocenters. The Labute approximate surface area is 113 Å². The van der Waals surface area contributed by atoms with Crippen LogP contribution in [0.2, 0.25) is 0 Å². The van der Waals surface area contributed by atoms with Crippen LogP contribution in [0.3, 0.4) is 0 Å². The summed E-state index contributed by atoms with van der Waals surface area (Å²) in [4.78, 5) is 11.4. The van der Waals surface area contributed by atoms with E-state index in [1.165, 1.54) is 7.11 Å². The first-order chi connectivity index (χ1) is 9.03. The predicted molar refractivity (Wildman–Crippen MR) is 72.6 cm³/mol. The molecular formula is C14H21NO4. The van der Waals surface area contributed by atoms with Gasteiger partial charge in [0.1, 0.15) is 17.5 Å². The molecule has 1 N–H and O–H groups in total. The van der Waals surface area contributed by atoms with E-state index in [2.05, 4.69) is 10.1 Å². The van der Waals surface area contributed by atoms with Crippen molar-refractivity contribution in [3.63, 3.8) is 0 Å². The van der Waals surface area contributed by atoms with Crippen molar-refractivity contribution in [2.75, 3.05) is 21.3 Å². The van der Waals surface area contributed by atoms with Crippen LogP contribution in [0, 0.1) is 0 Å². The van der Waals surface area contributed by atoms with E-state index in [9.17, 15) is 4.79 Å². The van der Waals surface area contributed by atoms with Crippen LogP contribution in [0.25, 0.3) is 0 Å². The third kappa shape index (κ3) is 3.86. The maximum absolute atomic E-state index is 11.4. The Hall–Kier alpha value is -1.75. The Morgan fingerprint density at radius 1 is 1.16 bits per heavy atom. The number of rotatable bonds is 6. The summed E-state index contributed by atoms with van der Waals surface area (Å²) in [6.07, 6.45) is 0. The first-order valence-corrected chi connectivity index (χ1v) is 6.09. The highest BCUT2D eigenvalue weighted by Crippen LogP contribution is 2.29. The average Bonchev–Trinajstić information content (AvgIpc) is 2.45. The van der Waals surface area contributed by atoms with Crippen LogP contribution in [0.5, 0.6) is 11.5 Å². The van der Waals surface area contributed by atoms with Gasteiger partial charge in [-0.2, -0.15) is 0 Å². The summed E-state index contributed by atoms with van der Waals surface area (Å²) in [6, 6.07) is 5.16. The lowest BCUT2D eigenvalue weighted by atomic mass is 10.1. The van der Waals surface area contributed by atoms with Crippen LogP contribution >= 0.6 is 0 Å². The lowest BCUT2D eigenvalue weighted by Crippen LogP contribution is -2.36. The van der Waals surface area contributed by atoms with Gasteiger partial charge in [-0.3, -0.25) is 10.1 Å². The molecule has 1 rings (SSSR count). The molecular weight excluding hydrogens is 246 g/mol. The number of carbonyl (C=O) groups excluding carboxylic acids is 1. The number of hydrogen-bond donors (Lipinski definition) is 1. The summed E-state index contributed by atoms with van der Waals surface area (Å²) in [7, 11) is 4.59. The molecule has 0 aromatic heterocycles. The summed E-state index contributed by atoms with van der Waals surface area (Å²) >= 11 is 0. The van der Waals surface area contributed by atoms with Gasteiger partial charge in [0, 0.05) is 17.7 Å². The van der Waals surface area contributed by atoms with Crippen LogP contribution in [-0.4, -0.2) is 33.3 Å². The standard InChI is InChI=1S/C14H21NO4/c1-9(15-10(2)14(16)19-5)12-7-6-11(17-3)8-13(12)18-4/h6-10,15H,1-5H3. The molecule has 0 saturated heterocycles. The first-order valence-electron chi connectivity index (χ1n) is 6.09. The average molecular weight is 267 g/mol. The van der Waals surface area contributed by atoms with Crippen LogP contribution in [-0.2, 0) is 9.53 Å². The molecule has 0 bridgehead atoms. The number of nitrogens with one attached hydrogen (secondary N) is 1. The Morgan fingerprint density at radius 3 is 2.37 bits per heavy atom. The molecule has 1 aromatic carbocycles. The normalized spacial score (nSPS) is 13.5. The number of esters is 1. The van der Waals surface area contributed by atoms with E-state index in [0.717, 1.165) is 17.1 Å². The lowest BCUT2D eigenvalue weighted by Gasteiger charge is -2.21. The van der Waals surface area contributed by atoms with E-state index in [4.69, 9.17) is 9.47 Å². The van der Waals surface area contributed by atoms with Gasteiger partial charge < -0.3 is 14.2 Å². The Kier molecular flexibility index (Phi) is 5.63. The third-order valence-corrected chi connectivity index (χ3v) is 2.96. The molecule has 1 aromatic rings. The molecule has 2 atom stereocenters. The summed E-state index contributed by atoms with van der Waals surface area (Å²) < 4.78 is 15.2. The van der Waals surface area contributed by atoms with Gasteiger partial charge in [0.05, 0.1) is 21.3 Å². The summed E-state index contributed by atoms with van der Waals surface area (Å²) in [5.41, 5.74) is 0.957. The number of benzene rings is 1. The van der Waals surface area contributed by atoms with Crippen molar-refractivity contribution in [2.45, 2.75) is 25.9 Å². The van der Waals surface area contributed by atoms with E-state index in [-0.39, 0.29) is 18.1 Å². The summed E-state index contributed by atoms with van der Waals surface area (Å²) in [5.74, 6) is 1.16. The molecule has 0 radical (unpaired) electrons. The van der Waals surface area contributed by atoms with Gasteiger partial charge in [-0.1, -0.05) is 6.07 Å². The Morgan fingerprint density at radius 2 is 1.84 bits per heavy atom. The maximum Gasteiger partial charge on any atom is 0.322 e. The fourth-order valence-electron chi connectivity index (χ4n) is 1.89. The van der Waals surface area contributed by atoms with E-state index < -0.39 is 0 Å². The minimum atomic E-state index is -0.383. The number of hydrogen-bond acceptors (Lipinski definition) is 5. The molecule has 106 valence electrons. The molecule has 19 heavy (non-hydrogen) atoms. The van der Waals surface area contributed by atoms with Crippen molar-refractivity contribution in [3.05, 3.63) is 23.8 Å². The Bertz CT molecular complexity index is 433. The van der Waals surface area contributed by atoms with E-state index in [1.54, 1.807) is 21.1 Å². The minimum Gasteiger partial charge on any atom is -0.497 e. The van der Waals surface area contributed by atoms with Gasteiger partial charge >= 0.3 is 5.97 Å². The van der Waals surface area contributed by atoms with Crippen molar-refractivity contribution >= 4 is 5.97 Å². The zero-order chi connectivity index (χ0) is 14.4. The number of carbonyl (C=O) groups is 1. The zero-order valence-electron chi connectivity index (χ0n) is 12.0. The molecule has 0 aliphatic rings. The molecule has 0 spiro atoms. The molecule has 0 amide bonds. The highest BCUT2D eigenvalue weighted by Gasteiger charge is 2.19. The fraction of sp³-hybridized carbons (Fsp3) is 0.500. The maximum atomic E-state index is 11.4. The van der Waals surface area contributed by atoms with Crippen LogP contribution < -0.4 is 14.8 Å². The molecule has 0 aliphatic carbocycles. The number of methoxy groups -OCH3 is 3. The van der Waals surface area contributed by atoms with Gasteiger partial charge in [0.25, 0.3) is 0 Å². The molecule has 0 aliphatic heterocycles. The summed E-state index contributed by atoms with van der Waals surface area (Å²) in [5, 5.41) is 3.16. The fourth-order valence-corrected chi connectivity index (χ4v) is 1.89. The minimum absolute atomic E-state index is 0.0463. The largest absolute Gasteiger partial charge is 0.497 e. The van der Waals surface area contributed by atoms with E-state index in [0.29, 0.717) is 0 Å². The van der Waals surface area contributed by atoms with Gasteiger partial charge in [0.15, 0.2) is 0 Å². The van der Waals surface area contributed by atoms with Crippen LogP contribution in [0.15, 0.2) is 18.2 Å². The molecule has 5 heteroatoms. The SMILES string of the molecule is COC(=O)C(C)NC(C)c1ccc(OC)cc1OC. The van der Waals surface area contributed by atoms with Gasteiger partial charge in [0.2, 0.25) is 0 Å². The third-order valence-electron chi connectivity index (χ3n) is 2.96. The second-order valence-corrected chi connectivity index (χ2v) is 4.24. The molecule has 0 heterocycles. The molecule has 5 nitrogen and oxygen atoms in total. The second kappa shape index (κ2) is 6.99. The van der Waals surface area contributed by atoms with Crippen molar-refractivity contribution in [1.82, 2.24) is 5.32 Å². The summed E-state index contributed by atoms with van der Waals surface area (Å²) in [6.45, 7) is 3.72. The van der Waals surface area contributed by atoms with Gasteiger partial charge in [-0.25, -0.2) is 0 Å². The predicted octanol–water partition coefficient (Wildman–Crippen LogP) is 1.92. The second-order valence-electron chi connectivity index (χ2n) is 4.24. The topological polar surface area (TPSA) is 56.8 Å². The monoisotopic (exact) mass is 267 g/mol. The number of ether oxygens (including phenoxy) is 3. The lowest BCUT2D eigenvalue weighted by molar-refractivity contribution is -0.142. The van der Waals surface area contributed by atoms with Crippen molar-refractivity contribution in [3.8, 4) is 11.5 Å². The van der Waals surface area contributed by atoms with Crippen LogP contribution in [0.4, 0.5) is 0 Å². The van der Waals surface area contributed by atoms with E-state index in [1.807, 2.05) is 25.1 Å². The van der Waals surface area contributed by atoms with Crippen molar-refractivity contribution < 1.29 is 19.0 Å². The van der Waals surface area contributed by atoms with Crippen molar-refractivity contribution in [2.24, 2.45) is 0 Å². The quantitative estimate of drug-likeness (QED) is 0.798. The van der Waals surface area contributed by atoms with Gasteiger partial charge in [-0.05, 0) is 19.9 Å². The smallest absolute Gasteiger partial charge is 0.322 e. The van der Waals surface area contributed by atoms with Gasteiger partial charge in [-0.15, -0.1) is 0 Å².